The molecule has 1 aromatic carbocycles. The number of rotatable bonds is 5. The van der Waals surface area contributed by atoms with Crippen LogP contribution in [-0.2, 0) is 13.0 Å². The second-order valence-corrected chi connectivity index (χ2v) is 4.70. The monoisotopic (exact) mass is 249 g/mol. The third kappa shape index (κ3) is 3.28. The minimum atomic E-state index is 0.0468. The average molecular weight is 249 g/mol. The van der Waals surface area contributed by atoms with Crippen molar-refractivity contribution >= 4 is 11.3 Å². The highest BCUT2D eigenvalue weighted by molar-refractivity contribution is 7.09. The summed E-state index contributed by atoms with van der Waals surface area (Å²) >= 11 is 1.66. The van der Waals surface area contributed by atoms with Crippen molar-refractivity contribution in [2.24, 2.45) is 0 Å². The summed E-state index contributed by atoms with van der Waals surface area (Å²) in [4.78, 5) is 5.47. The summed E-state index contributed by atoms with van der Waals surface area (Å²) in [6.45, 7) is 2.70. The molecule has 0 unspecified atom stereocenters. The van der Waals surface area contributed by atoms with Gasteiger partial charge in [0.05, 0.1) is 24.4 Å². The number of aryl methyl sites for hydroxylation is 1. The Kier molecular flexibility index (Phi) is 4.12. The van der Waals surface area contributed by atoms with E-state index >= 15 is 0 Å². The number of thiazole rings is 1. The molecule has 1 heterocycles. The number of ether oxygens (including phenoxy) is 1. The van der Waals surface area contributed by atoms with Crippen LogP contribution in [-0.4, -0.2) is 16.7 Å². The minimum Gasteiger partial charge on any atom is -0.493 e. The first-order chi connectivity index (χ1) is 8.29. The number of benzene rings is 1. The lowest BCUT2D eigenvalue weighted by Crippen LogP contribution is -2.01. The van der Waals surface area contributed by atoms with Crippen LogP contribution < -0.4 is 4.74 Å². The highest BCUT2D eigenvalue weighted by Crippen LogP contribution is 2.16. The van der Waals surface area contributed by atoms with Crippen LogP contribution in [0, 0.1) is 6.92 Å². The minimum absolute atomic E-state index is 0.0468. The van der Waals surface area contributed by atoms with Gasteiger partial charge < -0.3 is 9.84 Å². The molecule has 2 aromatic rings. The fourth-order valence-corrected chi connectivity index (χ4v) is 2.32. The van der Waals surface area contributed by atoms with Crippen molar-refractivity contribution in [3.05, 3.63) is 45.9 Å². The van der Waals surface area contributed by atoms with E-state index in [1.165, 1.54) is 4.88 Å². The van der Waals surface area contributed by atoms with E-state index in [9.17, 15) is 0 Å². The van der Waals surface area contributed by atoms with Crippen LogP contribution in [0.25, 0.3) is 0 Å². The van der Waals surface area contributed by atoms with Crippen LogP contribution in [0.15, 0.2) is 29.8 Å². The van der Waals surface area contributed by atoms with Crippen LogP contribution >= 0.6 is 11.3 Å². The molecule has 17 heavy (non-hydrogen) atoms. The van der Waals surface area contributed by atoms with E-state index in [-0.39, 0.29) is 6.61 Å². The zero-order valence-electron chi connectivity index (χ0n) is 9.72. The molecule has 0 amide bonds. The number of hydrogen-bond acceptors (Lipinski definition) is 4. The number of aliphatic hydroxyl groups is 1. The highest BCUT2D eigenvalue weighted by Gasteiger charge is 2.02. The fraction of sp³-hybridized carbons (Fsp3) is 0.308. The predicted molar refractivity (Wildman–Crippen MR) is 68.4 cm³/mol. The molecule has 0 fully saturated rings. The Hall–Kier alpha value is -1.39. The molecule has 0 saturated heterocycles. The molecular formula is C13H15NO2S. The first-order valence-corrected chi connectivity index (χ1v) is 6.39. The molecule has 0 aliphatic carbocycles. The lowest BCUT2D eigenvalue weighted by atomic mass is 10.2. The Bertz CT molecular complexity index is 482. The topological polar surface area (TPSA) is 42.4 Å². The summed E-state index contributed by atoms with van der Waals surface area (Å²) in [7, 11) is 0. The summed E-state index contributed by atoms with van der Waals surface area (Å²) in [5.74, 6) is 0.804. The van der Waals surface area contributed by atoms with Gasteiger partial charge >= 0.3 is 0 Å². The average Bonchev–Trinajstić information content (AvgIpc) is 2.76. The molecule has 0 spiro atoms. The van der Waals surface area contributed by atoms with Gasteiger partial charge in [-0.05, 0) is 24.6 Å². The Morgan fingerprint density at radius 2 is 2.29 bits per heavy atom. The summed E-state index contributed by atoms with van der Waals surface area (Å²) in [6, 6.07) is 7.53. The second kappa shape index (κ2) is 5.80. The molecule has 1 N–H and O–H groups in total. The molecule has 0 saturated carbocycles. The summed E-state index contributed by atoms with van der Waals surface area (Å²) in [6.07, 6.45) is 0.875. The lowest BCUT2D eigenvalue weighted by molar-refractivity contribution is 0.279. The van der Waals surface area contributed by atoms with Gasteiger partial charge in [0.15, 0.2) is 0 Å². The molecule has 0 atom stereocenters. The molecule has 0 aliphatic rings. The largest absolute Gasteiger partial charge is 0.493 e. The van der Waals surface area contributed by atoms with Gasteiger partial charge in [0.2, 0.25) is 0 Å². The van der Waals surface area contributed by atoms with Crippen LogP contribution in [0.4, 0.5) is 0 Å². The van der Waals surface area contributed by atoms with Gasteiger partial charge in [-0.15, -0.1) is 11.3 Å². The number of aliphatic hydroxyl groups excluding tert-OH is 1. The normalized spacial score (nSPS) is 10.5. The zero-order chi connectivity index (χ0) is 12.1. The molecular weight excluding hydrogens is 234 g/mol. The van der Waals surface area contributed by atoms with E-state index in [0.29, 0.717) is 6.61 Å². The molecule has 2 rings (SSSR count). The SMILES string of the molecule is Cc1ncsc1CCOc1cccc(CO)c1. The van der Waals surface area contributed by atoms with E-state index < -0.39 is 0 Å². The van der Waals surface area contributed by atoms with Crippen molar-refractivity contribution in [3.8, 4) is 5.75 Å². The highest BCUT2D eigenvalue weighted by atomic mass is 32.1. The van der Waals surface area contributed by atoms with Crippen molar-refractivity contribution in [1.82, 2.24) is 4.98 Å². The Balaban J connectivity index is 1.87. The van der Waals surface area contributed by atoms with E-state index in [4.69, 9.17) is 9.84 Å². The Labute approximate surface area is 105 Å². The smallest absolute Gasteiger partial charge is 0.119 e. The maximum atomic E-state index is 9.01. The van der Waals surface area contributed by atoms with Crippen LogP contribution in [0.3, 0.4) is 0 Å². The van der Waals surface area contributed by atoms with Crippen molar-refractivity contribution < 1.29 is 9.84 Å². The van der Waals surface area contributed by atoms with Crippen molar-refractivity contribution in [2.45, 2.75) is 20.0 Å². The molecule has 4 heteroatoms. The van der Waals surface area contributed by atoms with Gasteiger partial charge in [-0.2, -0.15) is 0 Å². The van der Waals surface area contributed by atoms with Gasteiger partial charge in [0.25, 0.3) is 0 Å². The summed E-state index contributed by atoms with van der Waals surface area (Å²) < 4.78 is 5.64. The van der Waals surface area contributed by atoms with E-state index in [0.717, 1.165) is 23.4 Å². The van der Waals surface area contributed by atoms with E-state index in [2.05, 4.69) is 4.98 Å². The Morgan fingerprint density at radius 3 is 3.00 bits per heavy atom. The Morgan fingerprint density at radius 1 is 1.41 bits per heavy atom. The van der Waals surface area contributed by atoms with Gasteiger partial charge in [-0.1, -0.05) is 12.1 Å². The van der Waals surface area contributed by atoms with E-state index in [1.54, 1.807) is 11.3 Å². The van der Waals surface area contributed by atoms with Crippen molar-refractivity contribution in [2.75, 3.05) is 6.61 Å². The number of nitrogens with zero attached hydrogens (tertiary/aromatic N) is 1. The van der Waals surface area contributed by atoms with E-state index in [1.807, 2.05) is 36.7 Å². The lowest BCUT2D eigenvalue weighted by Gasteiger charge is -2.06. The first-order valence-electron chi connectivity index (χ1n) is 5.51. The van der Waals surface area contributed by atoms with Crippen molar-refractivity contribution in [1.29, 1.82) is 0 Å². The third-order valence-corrected chi connectivity index (χ3v) is 3.52. The molecule has 1 aromatic heterocycles. The molecule has 0 radical (unpaired) electrons. The molecule has 0 aliphatic heterocycles. The number of aromatic nitrogens is 1. The molecule has 0 bridgehead atoms. The van der Waals surface area contributed by atoms with Crippen molar-refractivity contribution in [3.63, 3.8) is 0 Å². The van der Waals surface area contributed by atoms with Gasteiger partial charge in [0, 0.05) is 11.3 Å². The second-order valence-electron chi connectivity index (χ2n) is 3.76. The third-order valence-electron chi connectivity index (χ3n) is 2.52. The molecule has 90 valence electrons. The molecule has 3 nitrogen and oxygen atoms in total. The standard InChI is InChI=1S/C13H15NO2S/c1-10-13(17-9-14-10)5-6-16-12-4-2-3-11(7-12)8-15/h2-4,7,9,15H,5-6,8H2,1H3. The van der Waals surface area contributed by atoms with Crippen LogP contribution in [0.1, 0.15) is 16.1 Å². The van der Waals surface area contributed by atoms with Crippen LogP contribution in [0.2, 0.25) is 0 Å². The number of hydrogen-bond donors (Lipinski definition) is 1. The summed E-state index contributed by atoms with van der Waals surface area (Å²) in [5, 5.41) is 9.01. The maximum absolute atomic E-state index is 9.01. The van der Waals surface area contributed by atoms with Gasteiger partial charge in [-0.25, -0.2) is 4.98 Å². The maximum Gasteiger partial charge on any atom is 0.119 e. The van der Waals surface area contributed by atoms with Crippen LogP contribution in [0.5, 0.6) is 5.75 Å². The fourth-order valence-electron chi connectivity index (χ4n) is 1.56. The predicted octanol–water partition coefficient (Wildman–Crippen LogP) is 2.57. The summed E-state index contributed by atoms with van der Waals surface area (Å²) in [5.41, 5.74) is 3.82. The zero-order valence-corrected chi connectivity index (χ0v) is 10.5. The van der Waals surface area contributed by atoms with Gasteiger partial charge in [0.1, 0.15) is 5.75 Å². The van der Waals surface area contributed by atoms with Gasteiger partial charge in [-0.3, -0.25) is 0 Å². The quantitative estimate of drug-likeness (QED) is 0.885. The first kappa shape index (κ1) is 12.1.